The molecular formula is C15H15NO4. The Hall–Kier alpha value is -2.30. The number of rotatable bonds is 4. The van der Waals surface area contributed by atoms with Crippen LogP contribution in [0.3, 0.4) is 0 Å². The Balaban J connectivity index is 1.87. The van der Waals surface area contributed by atoms with Crippen molar-refractivity contribution >= 4 is 5.97 Å². The Labute approximate surface area is 116 Å². The fourth-order valence-electron chi connectivity index (χ4n) is 2.21. The van der Waals surface area contributed by atoms with Crippen molar-refractivity contribution in [1.29, 1.82) is 0 Å². The van der Waals surface area contributed by atoms with Crippen LogP contribution in [-0.2, 0) is 14.9 Å². The molecule has 1 heterocycles. The van der Waals surface area contributed by atoms with E-state index in [1.807, 2.05) is 0 Å². The number of aromatic hydroxyl groups is 1. The highest BCUT2D eigenvalue weighted by molar-refractivity contribution is 5.86. The summed E-state index contributed by atoms with van der Waals surface area (Å²) in [7, 11) is 0. The van der Waals surface area contributed by atoms with Crippen LogP contribution < -0.4 is 0 Å². The van der Waals surface area contributed by atoms with Gasteiger partial charge in [0.2, 0.25) is 0 Å². The third kappa shape index (κ3) is 2.05. The maximum atomic E-state index is 12.0. The van der Waals surface area contributed by atoms with Crippen LogP contribution >= 0.6 is 0 Å². The number of hydrogen-bond donors (Lipinski definition) is 1. The van der Waals surface area contributed by atoms with Gasteiger partial charge in [-0.2, -0.15) is 0 Å². The molecule has 1 saturated carbocycles. The summed E-state index contributed by atoms with van der Waals surface area (Å²) in [6.45, 7) is 2.15. The molecular weight excluding hydrogens is 258 g/mol. The number of aromatic nitrogens is 1. The van der Waals surface area contributed by atoms with Crippen molar-refractivity contribution < 1.29 is 19.2 Å². The summed E-state index contributed by atoms with van der Waals surface area (Å²) in [6, 6.07) is 8.45. The Morgan fingerprint density at radius 1 is 1.40 bits per heavy atom. The van der Waals surface area contributed by atoms with E-state index in [1.54, 1.807) is 37.3 Å². The first kappa shape index (κ1) is 12.7. The van der Waals surface area contributed by atoms with Gasteiger partial charge in [-0.15, -0.1) is 0 Å². The molecule has 0 atom stereocenters. The minimum absolute atomic E-state index is 0.197. The fraction of sp³-hybridized carbons (Fsp3) is 0.333. The summed E-state index contributed by atoms with van der Waals surface area (Å²) >= 11 is 0. The molecule has 5 nitrogen and oxygen atoms in total. The molecule has 20 heavy (non-hydrogen) atoms. The summed E-state index contributed by atoms with van der Waals surface area (Å²) in [5, 5.41) is 13.3. The summed E-state index contributed by atoms with van der Waals surface area (Å²) in [5.41, 5.74) is 0.839. The molecule has 1 fully saturated rings. The van der Waals surface area contributed by atoms with Crippen molar-refractivity contribution in [3.05, 3.63) is 36.1 Å². The van der Waals surface area contributed by atoms with E-state index < -0.39 is 5.41 Å². The van der Waals surface area contributed by atoms with E-state index in [-0.39, 0.29) is 11.7 Å². The fourth-order valence-corrected chi connectivity index (χ4v) is 2.21. The van der Waals surface area contributed by atoms with Crippen molar-refractivity contribution in [3.8, 4) is 17.0 Å². The van der Waals surface area contributed by atoms with Gasteiger partial charge in [0.1, 0.15) is 16.9 Å². The van der Waals surface area contributed by atoms with Gasteiger partial charge in [0.25, 0.3) is 0 Å². The Bertz CT molecular complexity index is 626. The maximum Gasteiger partial charge on any atom is 0.319 e. The zero-order chi connectivity index (χ0) is 14.2. The molecule has 0 spiro atoms. The SMILES string of the molecule is CCOC(=O)C1(c2cc(-c3ccc(O)cc3)no2)CC1. The van der Waals surface area contributed by atoms with Crippen molar-refractivity contribution in [2.45, 2.75) is 25.2 Å². The monoisotopic (exact) mass is 273 g/mol. The van der Waals surface area contributed by atoms with E-state index in [9.17, 15) is 9.90 Å². The number of phenolic OH excluding ortho intramolecular Hbond substituents is 1. The lowest BCUT2D eigenvalue weighted by Gasteiger charge is -2.09. The zero-order valence-electron chi connectivity index (χ0n) is 11.1. The molecule has 1 aromatic carbocycles. The molecule has 3 rings (SSSR count). The largest absolute Gasteiger partial charge is 0.508 e. The predicted molar refractivity (Wildman–Crippen MR) is 71.1 cm³/mol. The van der Waals surface area contributed by atoms with Crippen LogP contribution in [0.2, 0.25) is 0 Å². The normalized spacial score (nSPS) is 15.8. The summed E-state index contributed by atoms with van der Waals surface area (Å²) < 4.78 is 10.4. The number of esters is 1. The quantitative estimate of drug-likeness (QED) is 0.867. The number of benzene rings is 1. The Kier molecular flexibility index (Phi) is 2.97. The van der Waals surface area contributed by atoms with E-state index in [1.165, 1.54) is 0 Å². The van der Waals surface area contributed by atoms with Crippen molar-refractivity contribution in [1.82, 2.24) is 5.16 Å². The molecule has 5 heteroatoms. The number of carbonyl (C=O) groups excluding carboxylic acids is 1. The van der Waals surface area contributed by atoms with Crippen LogP contribution in [0, 0.1) is 0 Å². The van der Waals surface area contributed by atoms with E-state index in [0.29, 0.717) is 18.1 Å². The highest BCUT2D eigenvalue weighted by Crippen LogP contribution is 2.49. The van der Waals surface area contributed by atoms with Gasteiger partial charge in [-0.1, -0.05) is 5.16 Å². The average Bonchev–Trinajstić information content (AvgIpc) is 3.12. The number of phenols is 1. The molecule has 0 radical (unpaired) electrons. The topological polar surface area (TPSA) is 72.6 Å². The minimum Gasteiger partial charge on any atom is -0.508 e. The smallest absolute Gasteiger partial charge is 0.319 e. The molecule has 1 aromatic heterocycles. The van der Waals surface area contributed by atoms with Crippen LogP contribution in [0.25, 0.3) is 11.3 Å². The van der Waals surface area contributed by atoms with Crippen LogP contribution in [0.4, 0.5) is 0 Å². The number of carbonyl (C=O) groups is 1. The maximum absolute atomic E-state index is 12.0. The Morgan fingerprint density at radius 2 is 2.10 bits per heavy atom. The molecule has 1 aliphatic carbocycles. The number of ether oxygens (including phenoxy) is 1. The lowest BCUT2D eigenvalue weighted by molar-refractivity contribution is -0.146. The van der Waals surface area contributed by atoms with Gasteiger partial charge in [0, 0.05) is 11.6 Å². The van der Waals surface area contributed by atoms with Gasteiger partial charge in [-0.05, 0) is 44.0 Å². The van der Waals surface area contributed by atoms with Gasteiger partial charge < -0.3 is 14.4 Å². The summed E-state index contributed by atoms with van der Waals surface area (Å²) in [5.74, 6) is 0.509. The number of hydrogen-bond acceptors (Lipinski definition) is 5. The van der Waals surface area contributed by atoms with Crippen molar-refractivity contribution in [2.75, 3.05) is 6.61 Å². The van der Waals surface area contributed by atoms with Gasteiger partial charge >= 0.3 is 5.97 Å². The molecule has 0 amide bonds. The highest BCUT2D eigenvalue weighted by Gasteiger charge is 2.56. The lowest BCUT2D eigenvalue weighted by Crippen LogP contribution is -2.22. The van der Waals surface area contributed by atoms with Crippen LogP contribution in [0.1, 0.15) is 25.5 Å². The van der Waals surface area contributed by atoms with Crippen LogP contribution in [-0.4, -0.2) is 22.8 Å². The third-order valence-electron chi connectivity index (χ3n) is 3.56. The predicted octanol–water partition coefficient (Wildman–Crippen LogP) is 2.64. The standard InChI is InChI=1S/C15H15NO4/c1-2-19-14(18)15(7-8-15)13-9-12(16-20-13)10-3-5-11(17)6-4-10/h3-6,9,17H,2,7-8H2,1H3. The first-order valence-corrected chi connectivity index (χ1v) is 6.59. The van der Waals surface area contributed by atoms with Gasteiger partial charge in [-0.25, -0.2) is 0 Å². The zero-order valence-corrected chi connectivity index (χ0v) is 11.1. The van der Waals surface area contributed by atoms with Gasteiger partial charge in [0.05, 0.1) is 6.61 Å². The Morgan fingerprint density at radius 3 is 2.70 bits per heavy atom. The average molecular weight is 273 g/mol. The van der Waals surface area contributed by atoms with E-state index >= 15 is 0 Å². The molecule has 0 bridgehead atoms. The third-order valence-corrected chi connectivity index (χ3v) is 3.56. The molecule has 1 aliphatic rings. The summed E-state index contributed by atoms with van der Waals surface area (Å²) in [4.78, 5) is 12.0. The molecule has 0 saturated heterocycles. The minimum atomic E-state index is -0.641. The molecule has 0 aliphatic heterocycles. The first-order chi connectivity index (χ1) is 9.65. The second-order valence-electron chi connectivity index (χ2n) is 4.93. The van der Waals surface area contributed by atoms with Crippen LogP contribution in [0.5, 0.6) is 5.75 Å². The van der Waals surface area contributed by atoms with E-state index in [4.69, 9.17) is 9.26 Å². The second kappa shape index (κ2) is 4.67. The molecule has 104 valence electrons. The number of nitrogens with zero attached hydrogens (tertiary/aromatic N) is 1. The van der Waals surface area contributed by atoms with Crippen molar-refractivity contribution in [3.63, 3.8) is 0 Å². The van der Waals surface area contributed by atoms with E-state index in [2.05, 4.69) is 5.16 Å². The first-order valence-electron chi connectivity index (χ1n) is 6.59. The molecule has 2 aromatic rings. The highest BCUT2D eigenvalue weighted by atomic mass is 16.5. The summed E-state index contributed by atoms with van der Waals surface area (Å²) in [6.07, 6.45) is 1.46. The van der Waals surface area contributed by atoms with Crippen molar-refractivity contribution in [2.24, 2.45) is 0 Å². The van der Waals surface area contributed by atoms with E-state index in [0.717, 1.165) is 18.4 Å². The lowest BCUT2D eigenvalue weighted by atomic mass is 10.0. The molecule has 1 N–H and O–H groups in total. The van der Waals surface area contributed by atoms with Crippen LogP contribution in [0.15, 0.2) is 34.9 Å². The van der Waals surface area contributed by atoms with Gasteiger partial charge in [-0.3, -0.25) is 4.79 Å². The molecule has 0 unspecified atom stereocenters. The second-order valence-corrected chi connectivity index (χ2v) is 4.93. The van der Waals surface area contributed by atoms with Gasteiger partial charge in [0.15, 0.2) is 5.76 Å².